The maximum atomic E-state index is 12.1. The Morgan fingerprint density at radius 3 is 2.14 bits per heavy atom. The highest BCUT2D eigenvalue weighted by Crippen LogP contribution is 2.08. The van der Waals surface area contributed by atoms with E-state index in [9.17, 15) is 14.4 Å². The Bertz CT molecular complexity index is 829. The first-order chi connectivity index (χ1) is 10.3. The molecule has 0 atom stereocenters. The van der Waals surface area contributed by atoms with Gasteiger partial charge in [0.15, 0.2) is 0 Å². The van der Waals surface area contributed by atoms with Gasteiger partial charge in [0.2, 0.25) is 0 Å². The fourth-order valence-electron chi connectivity index (χ4n) is 2.15. The Balaban J connectivity index is 2.22. The van der Waals surface area contributed by atoms with Gasteiger partial charge in [0.1, 0.15) is 5.82 Å². The molecule has 1 heterocycles. The van der Waals surface area contributed by atoms with E-state index in [4.69, 9.17) is 0 Å². The smallest absolute Gasteiger partial charge is 0.283 e. The molecule has 0 unspecified atom stereocenters. The normalized spacial score (nSPS) is 10.4. The second kappa shape index (κ2) is 5.88. The van der Waals surface area contributed by atoms with Gasteiger partial charge < -0.3 is 0 Å². The fourth-order valence-corrected chi connectivity index (χ4v) is 2.15. The summed E-state index contributed by atoms with van der Waals surface area (Å²) in [6.45, 7) is 3.81. The summed E-state index contributed by atoms with van der Waals surface area (Å²) >= 11 is 0. The molecule has 7 nitrogen and oxygen atoms in total. The Morgan fingerprint density at radius 1 is 0.955 bits per heavy atom. The van der Waals surface area contributed by atoms with Crippen LogP contribution in [0.25, 0.3) is 0 Å². The van der Waals surface area contributed by atoms with Gasteiger partial charge in [0.25, 0.3) is 11.5 Å². The van der Waals surface area contributed by atoms with Crippen LogP contribution in [0.3, 0.4) is 0 Å². The number of hydrogen-bond donors (Lipinski definition) is 2. The molecule has 2 aromatic rings. The minimum Gasteiger partial charge on any atom is -0.283 e. The van der Waals surface area contributed by atoms with E-state index in [1.54, 1.807) is 12.1 Å². The van der Waals surface area contributed by atoms with Gasteiger partial charge in [-0.15, -0.1) is 0 Å². The van der Waals surface area contributed by atoms with Crippen molar-refractivity contribution in [2.24, 2.45) is 14.1 Å². The minimum atomic E-state index is -0.476. The van der Waals surface area contributed by atoms with Crippen LogP contribution in [0.5, 0.6) is 0 Å². The van der Waals surface area contributed by atoms with Gasteiger partial charge in [-0.3, -0.25) is 29.6 Å². The molecule has 0 saturated carbocycles. The van der Waals surface area contributed by atoms with Crippen molar-refractivity contribution < 1.29 is 4.79 Å². The average Bonchev–Trinajstić information content (AvgIpc) is 2.46. The van der Waals surface area contributed by atoms with E-state index in [0.717, 1.165) is 15.7 Å². The van der Waals surface area contributed by atoms with E-state index >= 15 is 0 Å². The number of nitrogens with one attached hydrogen (secondary N) is 2. The number of hydrogen-bond acceptors (Lipinski definition) is 4. The van der Waals surface area contributed by atoms with Crippen LogP contribution in [0.4, 0.5) is 5.82 Å². The number of anilines is 1. The molecule has 1 aromatic carbocycles. The number of nitrogens with zero attached hydrogens (tertiary/aromatic N) is 2. The van der Waals surface area contributed by atoms with E-state index in [-0.39, 0.29) is 11.7 Å². The topological polar surface area (TPSA) is 85.1 Å². The van der Waals surface area contributed by atoms with Crippen LogP contribution in [0.1, 0.15) is 21.5 Å². The lowest BCUT2D eigenvalue weighted by atomic mass is 10.1. The third-order valence-corrected chi connectivity index (χ3v) is 3.31. The molecule has 0 aliphatic rings. The zero-order chi connectivity index (χ0) is 16.4. The summed E-state index contributed by atoms with van der Waals surface area (Å²) in [7, 11) is 2.90. The molecule has 2 N–H and O–H groups in total. The Morgan fingerprint density at radius 2 is 1.55 bits per heavy atom. The summed E-state index contributed by atoms with van der Waals surface area (Å²) in [6.07, 6.45) is 0. The van der Waals surface area contributed by atoms with Gasteiger partial charge >= 0.3 is 5.69 Å². The molecule has 1 aromatic heterocycles. The zero-order valence-electron chi connectivity index (χ0n) is 12.9. The lowest BCUT2D eigenvalue weighted by Crippen LogP contribution is -2.40. The Hall–Kier alpha value is -2.83. The third-order valence-electron chi connectivity index (χ3n) is 3.31. The van der Waals surface area contributed by atoms with Gasteiger partial charge in [-0.05, 0) is 26.0 Å². The van der Waals surface area contributed by atoms with Crippen LogP contribution in [0.2, 0.25) is 0 Å². The van der Waals surface area contributed by atoms with Gasteiger partial charge in [0.05, 0.1) is 0 Å². The number of carbonyl (C=O) groups is 1. The summed E-state index contributed by atoms with van der Waals surface area (Å²) < 4.78 is 2.22. The first-order valence-electron chi connectivity index (χ1n) is 6.71. The second-order valence-corrected chi connectivity index (χ2v) is 5.22. The predicted octanol–water partition coefficient (Wildman–Crippen LogP) is 0.458. The standard InChI is InChI=1S/C15H18N4O3/c1-9-5-10(2)7-11(6-9)14(21)17-16-12-8-13(20)19(4)15(22)18(12)3/h5-8,16H,1-4H3,(H,17,21). The molecule has 1 amide bonds. The van der Waals surface area contributed by atoms with Crippen LogP contribution >= 0.6 is 0 Å². The van der Waals surface area contributed by atoms with Gasteiger partial charge in [0, 0.05) is 25.7 Å². The number of aromatic nitrogens is 2. The van der Waals surface area contributed by atoms with Crippen molar-refractivity contribution >= 4 is 11.7 Å². The highest BCUT2D eigenvalue weighted by molar-refractivity contribution is 5.95. The van der Waals surface area contributed by atoms with Crippen molar-refractivity contribution in [3.05, 3.63) is 61.8 Å². The second-order valence-electron chi connectivity index (χ2n) is 5.22. The number of aryl methyl sites for hydroxylation is 2. The van der Waals surface area contributed by atoms with E-state index in [0.29, 0.717) is 5.56 Å². The highest BCUT2D eigenvalue weighted by atomic mass is 16.2. The quantitative estimate of drug-likeness (QED) is 0.807. The largest absolute Gasteiger partial charge is 0.332 e. The van der Waals surface area contributed by atoms with E-state index < -0.39 is 11.2 Å². The molecule has 22 heavy (non-hydrogen) atoms. The van der Waals surface area contributed by atoms with Crippen LogP contribution < -0.4 is 22.1 Å². The molecule has 0 aliphatic carbocycles. The summed E-state index contributed by atoms with van der Waals surface area (Å²) in [5.41, 5.74) is 6.62. The van der Waals surface area contributed by atoms with Crippen molar-refractivity contribution in [1.82, 2.24) is 14.6 Å². The number of rotatable bonds is 3. The molecule has 7 heteroatoms. The molecule has 0 bridgehead atoms. The first kappa shape index (κ1) is 15.6. The predicted molar refractivity (Wildman–Crippen MR) is 83.9 cm³/mol. The van der Waals surface area contributed by atoms with Crippen LogP contribution in [-0.4, -0.2) is 15.0 Å². The van der Waals surface area contributed by atoms with Crippen LogP contribution in [0, 0.1) is 13.8 Å². The van der Waals surface area contributed by atoms with E-state index in [1.165, 1.54) is 24.7 Å². The number of benzene rings is 1. The fraction of sp³-hybridized carbons (Fsp3) is 0.267. The number of carbonyl (C=O) groups excluding carboxylic acids is 1. The van der Waals surface area contributed by atoms with Crippen molar-refractivity contribution in [2.75, 3.05) is 5.43 Å². The molecular formula is C15H18N4O3. The maximum absolute atomic E-state index is 12.1. The monoisotopic (exact) mass is 302 g/mol. The number of amides is 1. The van der Waals surface area contributed by atoms with Gasteiger partial charge in [-0.1, -0.05) is 17.2 Å². The maximum Gasteiger partial charge on any atom is 0.332 e. The molecule has 0 aliphatic heterocycles. The van der Waals surface area contributed by atoms with Crippen molar-refractivity contribution in [3.63, 3.8) is 0 Å². The molecule has 2 rings (SSSR count). The number of hydrazine groups is 1. The molecular weight excluding hydrogens is 284 g/mol. The van der Waals surface area contributed by atoms with Gasteiger partial charge in [-0.25, -0.2) is 4.79 Å². The van der Waals surface area contributed by atoms with Crippen LogP contribution in [-0.2, 0) is 14.1 Å². The lowest BCUT2D eigenvalue weighted by molar-refractivity contribution is 0.0962. The summed E-state index contributed by atoms with van der Waals surface area (Å²) in [5.74, 6) is -0.134. The van der Waals surface area contributed by atoms with Gasteiger partial charge in [-0.2, -0.15) is 0 Å². The SMILES string of the molecule is Cc1cc(C)cc(C(=O)NNc2cc(=O)n(C)c(=O)n2C)c1. The molecule has 116 valence electrons. The minimum absolute atomic E-state index is 0.214. The Kier molecular flexibility index (Phi) is 4.16. The third kappa shape index (κ3) is 3.08. The summed E-state index contributed by atoms with van der Waals surface area (Å²) in [6, 6.07) is 6.72. The van der Waals surface area contributed by atoms with Crippen molar-refractivity contribution in [3.8, 4) is 0 Å². The van der Waals surface area contributed by atoms with E-state index in [2.05, 4.69) is 10.9 Å². The van der Waals surface area contributed by atoms with Crippen LogP contribution in [0.15, 0.2) is 33.9 Å². The average molecular weight is 302 g/mol. The molecule has 0 spiro atoms. The highest BCUT2D eigenvalue weighted by Gasteiger charge is 2.09. The molecule has 0 saturated heterocycles. The Labute approximate surface area is 127 Å². The van der Waals surface area contributed by atoms with Crippen molar-refractivity contribution in [1.29, 1.82) is 0 Å². The molecule has 0 fully saturated rings. The lowest BCUT2D eigenvalue weighted by Gasteiger charge is -2.13. The summed E-state index contributed by atoms with van der Waals surface area (Å²) in [4.78, 5) is 35.5. The first-order valence-corrected chi connectivity index (χ1v) is 6.71. The van der Waals surface area contributed by atoms with Crippen molar-refractivity contribution in [2.45, 2.75) is 13.8 Å². The summed E-state index contributed by atoms with van der Waals surface area (Å²) in [5, 5.41) is 0. The van der Waals surface area contributed by atoms with E-state index in [1.807, 2.05) is 19.9 Å². The zero-order valence-corrected chi connectivity index (χ0v) is 12.9. The molecule has 0 radical (unpaired) electrons.